The van der Waals surface area contributed by atoms with Crippen LogP contribution < -0.4 is 10.6 Å². The van der Waals surface area contributed by atoms with Crippen LogP contribution in [-0.2, 0) is 9.53 Å². The second-order valence-corrected chi connectivity index (χ2v) is 6.45. The number of hydrogen-bond acceptors (Lipinski definition) is 6. The summed E-state index contributed by atoms with van der Waals surface area (Å²) in [5.41, 5.74) is 1.47. The number of rotatable bonds is 5. The number of carbonyl (C=O) groups is 4. The van der Waals surface area contributed by atoms with E-state index in [1.807, 2.05) is 0 Å². The van der Waals surface area contributed by atoms with Crippen LogP contribution in [0.15, 0.2) is 48.5 Å². The van der Waals surface area contributed by atoms with Gasteiger partial charge in [0.2, 0.25) is 5.91 Å². The fourth-order valence-corrected chi connectivity index (χ4v) is 2.99. The Kier molecular flexibility index (Phi) is 5.99. The molecular formula is C20H17N3O5S. The third kappa shape index (κ3) is 4.46. The normalized spacial score (nSPS) is 12.4. The van der Waals surface area contributed by atoms with E-state index < -0.39 is 30.2 Å². The number of esters is 1. The van der Waals surface area contributed by atoms with E-state index in [0.29, 0.717) is 11.3 Å². The van der Waals surface area contributed by atoms with Gasteiger partial charge in [-0.25, -0.2) is 4.79 Å². The molecule has 0 saturated heterocycles. The number of hydrogen-bond donors (Lipinski definition) is 2. The number of nitrogens with one attached hydrogen (secondary N) is 2. The van der Waals surface area contributed by atoms with Gasteiger partial charge in [-0.05, 0) is 55.5 Å². The van der Waals surface area contributed by atoms with E-state index in [-0.39, 0.29) is 22.8 Å². The molecule has 0 atom stereocenters. The first-order valence-corrected chi connectivity index (χ1v) is 9.14. The Balaban J connectivity index is 1.55. The van der Waals surface area contributed by atoms with Crippen LogP contribution >= 0.6 is 12.2 Å². The molecule has 0 unspecified atom stereocenters. The van der Waals surface area contributed by atoms with Gasteiger partial charge in [0.05, 0.1) is 23.3 Å². The molecule has 2 N–H and O–H groups in total. The average Bonchev–Trinajstić information content (AvgIpc) is 2.94. The summed E-state index contributed by atoms with van der Waals surface area (Å²) in [5.74, 6) is -2.08. The minimum Gasteiger partial charge on any atom is -0.462 e. The zero-order chi connectivity index (χ0) is 21.0. The molecule has 0 bridgehead atoms. The average molecular weight is 411 g/mol. The minimum atomic E-state index is -0.611. The van der Waals surface area contributed by atoms with Gasteiger partial charge in [-0.1, -0.05) is 12.1 Å². The topological polar surface area (TPSA) is 105 Å². The fraction of sp³-hybridized carbons (Fsp3) is 0.150. The lowest BCUT2D eigenvalue weighted by Crippen LogP contribution is -2.43. The predicted molar refractivity (Wildman–Crippen MR) is 109 cm³/mol. The Morgan fingerprint density at radius 2 is 1.59 bits per heavy atom. The van der Waals surface area contributed by atoms with Crippen molar-refractivity contribution < 1.29 is 23.9 Å². The van der Waals surface area contributed by atoms with Gasteiger partial charge in [-0.15, -0.1) is 0 Å². The second kappa shape index (κ2) is 8.61. The van der Waals surface area contributed by atoms with Crippen LogP contribution in [0.2, 0.25) is 0 Å². The monoisotopic (exact) mass is 411 g/mol. The smallest absolute Gasteiger partial charge is 0.338 e. The largest absolute Gasteiger partial charge is 0.462 e. The Morgan fingerprint density at radius 1 is 1.00 bits per heavy atom. The maximum absolute atomic E-state index is 12.3. The van der Waals surface area contributed by atoms with Crippen molar-refractivity contribution in [2.45, 2.75) is 6.92 Å². The van der Waals surface area contributed by atoms with E-state index in [1.54, 1.807) is 55.5 Å². The summed E-state index contributed by atoms with van der Waals surface area (Å²) in [7, 11) is 0. The van der Waals surface area contributed by atoms with Crippen molar-refractivity contribution in [3.05, 3.63) is 65.2 Å². The zero-order valence-corrected chi connectivity index (χ0v) is 16.2. The molecule has 29 heavy (non-hydrogen) atoms. The molecule has 9 heteroatoms. The van der Waals surface area contributed by atoms with Gasteiger partial charge in [0.15, 0.2) is 5.11 Å². The molecule has 0 radical (unpaired) electrons. The molecule has 0 aromatic heterocycles. The first kappa shape index (κ1) is 20.2. The number of benzene rings is 2. The summed E-state index contributed by atoms with van der Waals surface area (Å²) in [6, 6.07) is 12.7. The summed E-state index contributed by atoms with van der Waals surface area (Å²) in [4.78, 5) is 49.3. The minimum absolute atomic E-state index is 0.00417. The first-order chi connectivity index (χ1) is 13.9. The summed E-state index contributed by atoms with van der Waals surface area (Å²) >= 11 is 5.08. The van der Waals surface area contributed by atoms with Crippen LogP contribution in [0.3, 0.4) is 0 Å². The highest BCUT2D eigenvalue weighted by molar-refractivity contribution is 7.80. The molecule has 148 valence electrons. The maximum Gasteiger partial charge on any atom is 0.338 e. The third-order valence-corrected chi connectivity index (χ3v) is 4.29. The summed E-state index contributed by atoms with van der Waals surface area (Å²) in [6.07, 6.45) is 0. The number of carbonyl (C=O) groups excluding carboxylic acids is 4. The van der Waals surface area contributed by atoms with E-state index in [9.17, 15) is 19.2 Å². The highest BCUT2D eigenvalue weighted by Crippen LogP contribution is 2.21. The summed E-state index contributed by atoms with van der Waals surface area (Å²) in [6.45, 7) is 1.55. The second-order valence-electron chi connectivity index (χ2n) is 6.04. The number of imide groups is 1. The van der Waals surface area contributed by atoms with Gasteiger partial charge in [0.25, 0.3) is 11.8 Å². The van der Waals surface area contributed by atoms with Crippen molar-refractivity contribution in [3.63, 3.8) is 0 Å². The van der Waals surface area contributed by atoms with Crippen LogP contribution in [0.5, 0.6) is 0 Å². The molecule has 0 fully saturated rings. The van der Waals surface area contributed by atoms with Crippen molar-refractivity contribution >= 4 is 46.7 Å². The number of thiocarbonyl (C=S) groups is 1. The van der Waals surface area contributed by atoms with Crippen LogP contribution in [0.25, 0.3) is 0 Å². The molecule has 1 aliphatic heterocycles. The van der Waals surface area contributed by atoms with E-state index in [4.69, 9.17) is 17.0 Å². The van der Waals surface area contributed by atoms with Crippen LogP contribution in [0.4, 0.5) is 5.69 Å². The van der Waals surface area contributed by atoms with Gasteiger partial charge in [0.1, 0.15) is 6.54 Å². The van der Waals surface area contributed by atoms with Crippen LogP contribution in [0.1, 0.15) is 38.0 Å². The zero-order valence-electron chi connectivity index (χ0n) is 15.4. The van der Waals surface area contributed by atoms with Crippen molar-refractivity contribution in [1.82, 2.24) is 10.2 Å². The molecule has 2 aromatic rings. The van der Waals surface area contributed by atoms with Gasteiger partial charge in [-0.3, -0.25) is 19.3 Å². The molecule has 2 aromatic carbocycles. The molecule has 0 aliphatic carbocycles. The lowest BCUT2D eigenvalue weighted by Gasteiger charge is -2.14. The third-order valence-electron chi connectivity index (χ3n) is 4.09. The molecule has 1 heterocycles. The Hall–Kier alpha value is -3.59. The SMILES string of the molecule is CCOC(=O)c1ccc(NC(=S)NC(=O)CN2C(=O)c3ccccc3C2=O)cc1. The number of anilines is 1. The van der Waals surface area contributed by atoms with Crippen molar-refractivity contribution in [3.8, 4) is 0 Å². The van der Waals surface area contributed by atoms with Gasteiger partial charge in [-0.2, -0.15) is 0 Å². The molecule has 3 amide bonds. The molecule has 0 saturated carbocycles. The van der Waals surface area contributed by atoms with Gasteiger partial charge >= 0.3 is 5.97 Å². The van der Waals surface area contributed by atoms with Crippen LogP contribution in [0, 0.1) is 0 Å². The molecular weight excluding hydrogens is 394 g/mol. The maximum atomic E-state index is 12.3. The molecule has 8 nitrogen and oxygen atoms in total. The molecule has 0 spiro atoms. The van der Waals surface area contributed by atoms with E-state index in [1.165, 1.54) is 0 Å². The summed E-state index contributed by atoms with van der Waals surface area (Å²) in [5, 5.41) is 5.21. The van der Waals surface area contributed by atoms with Crippen LogP contribution in [-0.4, -0.2) is 46.9 Å². The summed E-state index contributed by atoms with van der Waals surface area (Å²) < 4.78 is 4.90. The molecule has 3 rings (SSSR count). The number of amides is 3. The van der Waals surface area contributed by atoms with Crippen molar-refractivity contribution in [2.24, 2.45) is 0 Å². The Morgan fingerprint density at radius 3 is 2.14 bits per heavy atom. The van der Waals surface area contributed by atoms with Crippen molar-refractivity contribution in [1.29, 1.82) is 0 Å². The molecule has 1 aliphatic rings. The van der Waals surface area contributed by atoms with Crippen molar-refractivity contribution in [2.75, 3.05) is 18.5 Å². The Labute approximate surface area is 171 Å². The lowest BCUT2D eigenvalue weighted by molar-refractivity contribution is -0.120. The highest BCUT2D eigenvalue weighted by Gasteiger charge is 2.36. The first-order valence-electron chi connectivity index (χ1n) is 8.74. The quantitative estimate of drug-likeness (QED) is 0.440. The van der Waals surface area contributed by atoms with E-state index in [0.717, 1.165) is 4.90 Å². The fourth-order valence-electron chi connectivity index (χ4n) is 2.76. The number of ether oxygens (including phenoxy) is 1. The van der Waals surface area contributed by atoms with E-state index >= 15 is 0 Å². The lowest BCUT2D eigenvalue weighted by atomic mass is 10.1. The highest BCUT2D eigenvalue weighted by atomic mass is 32.1. The Bertz CT molecular complexity index is 968. The van der Waals surface area contributed by atoms with Gasteiger partial charge < -0.3 is 15.4 Å². The predicted octanol–water partition coefficient (Wildman–Crippen LogP) is 1.97. The number of nitrogens with zero attached hydrogens (tertiary/aromatic N) is 1. The standard InChI is InChI=1S/C20H17N3O5S/c1-2-28-19(27)12-7-9-13(10-8-12)21-20(29)22-16(24)11-23-17(25)14-5-3-4-6-15(14)18(23)26/h3-10H,2,11H2,1H3,(H2,21,22,24,29). The van der Waals surface area contributed by atoms with E-state index in [2.05, 4.69) is 10.6 Å². The number of fused-ring (bicyclic) bond motifs is 1. The van der Waals surface area contributed by atoms with Gasteiger partial charge in [0, 0.05) is 5.69 Å².